The van der Waals surface area contributed by atoms with Gasteiger partial charge in [-0.05, 0) is 13.8 Å². The first-order chi connectivity index (χ1) is 5.73. The summed E-state index contributed by atoms with van der Waals surface area (Å²) in [5.74, 6) is -3.86. The molecular formula is C6H6NNaO6Sn. The number of carboxylic acid groups (broad SMARTS) is 3. The number of rotatable bonds is 0. The van der Waals surface area contributed by atoms with E-state index in [-0.39, 0.29) is 53.5 Å². The van der Waals surface area contributed by atoms with Crippen molar-refractivity contribution in [3.63, 3.8) is 0 Å². The zero-order valence-corrected chi connectivity index (χ0v) is 13.3. The zero-order chi connectivity index (χ0) is 11.4. The molecule has 0 aliphatic heterocycles. The number of carboxylic acids is 3. The molecule has 0 atom stereocenters. The summed E-state index contributed by atoms with van der Waals surface area (Å²) in [4.78, 5) is 26.7. The van der Waals surface area contributed by atoms with Crippen LogP contribution >= 0.6 is 0 Å². The summed E-state index contributed by atoms with van der Waals surface area (Å²) in [7, 11) is 0. The average molecular weight is 330 g/mol. The summed E-state index contributed by atoms with van der Waals surface area (Å²) in [6.07, 6.45) is 0. The minimum absolute atomic E-state index is 0. The molecule has 0 rings (SSSR count). The number of nitriles is 1. The van der Waals surface area contributed by atoms with E-state index in [1.807, 2.05) is 0 Å². The number of carbonyl (C=O) groups excluding carboxylic acids is 3. The van der Waals surface area contributed by atoms with Gasteiger partial charge in [0.2, 0.25) is 0 Å². The Morgan fingerprint density at radius 2 is 1.07 bits per heavy atom. The molecule has 15 heavy (non-hydrogen) atoms. The minimum atomic E-state index is -1.69. The van der Waals surface area contributed by atoms with Crippen LogP contribution in [0.15, 0.2) is 0 Å². The molecule has 0 fully saturated rings. The topological polar surface area (TPSA) is 144 Å². The van der Waals surface area contributed by atoms with Crippen LogP contribution in [-0.4, -0.2) is 41.8 Å². The third-order valence-electron chi connectivity index (χ3n) is 0.0913. The maximum atomic E-state index is 8.90. The van der Waals surface area contributed by atoms with Crippen LogP contribution in [0.5, 0.6) is 0 Å². The Kier molecular flexibility index (Phi) is 45.9. The van der Waals surface area contributed by atoms with Gasteiger partial charge in [-0.25, -0.2) is 0 Å². The molecule has 0 aromatic rings. The molecule has 7 nitrogen and oxygen atoms in total. The summed E-state index contributed by atoms with van der Waals surface area (Å²) in [6.45, 7) is 1.94. The first kappa shape index (κ1) is 29.3. The largest absolute Gasteiger partial charge is 2.00 e. The smallest absolute Gasteiger partial charge is 0.550 e. The fraction of sp³-hybridized carbons (Fsp3) is 0.333. The van der Waals surface area contributed by atoms with E-state index in [1.54, 1.807) is 0 Å². The number of hydrogen-bond donors (Lipinski definition) is 0. The van der Waals surface area contributed by atoms with Gasteiger partial charge in [-0.2, -0.15) is 5.26 Å². The van der Waals surface area contributed by atoms with E-state index in [0.29, 0.717) is 0 Å². The van der Waals surface area contributed by atoms with Crippen LogP contribution in [0.3, 0.4) is 0 Å². The Morgan fingerprint density at radius 3 is 1.07 bits per heavy atom. The normalized spacial score (nSPS) is 5.13. The van der Waals surface area contributed by atoms with E-state index >= 15 is 0 Å². The van der Waals surface area contributed by atoms with Crippen LogP contribution in [-0.2, 0) is 14.4 Å². The van der Waals surface area contributed by atoms with E-state index in [2.05, 4.69) is 0 Å². The summed E-state index contributed by atoms with van der Waals surface area (Å²) >= 11 is 0. The number of hydrogen-bond acceptors (Lipinski definition) is 7. The van der Waals surface area contributed by atoms with Crippen molar-refractivity contribution in [3.8, 4) is 6.07 Å². The third-order valence-corrected chi connectivity index (χ3v) is 0.0913. The van der Waals surface area contributed by atoms with Gasteiger partial charge >= 0.3 is 53.5 Å². The Hall–Kier alpha value is -0.301. The Labute approximate surface area is 125 Å². The molecule has 2 radical (unpaired) electrons. The Morgan fingerprint density at radius 1 is 1.00 bits per heavy atom. The van der Waals surface area contributed by atoms with Gasteiger partial charge in [0.15, 0.2) is 0 Å². The van der Waals surface area contributed by atoms with Crippen LogP contribution in [0, 0.1) is 11.3 Å². The van der Waals surface area contributed by atoms with Crippen LogP contribution < -0.4 is 44.9 Å². The second-order valence-corrected chi connectivity index (χ2v) is 1.38. The first-order valence-corrected chi connectivity index (χ1v) is 2.70. The van der Waals surface area contributed by atoms with Gasteiger partial charge in [0, 0.05) is 11.9 Å². The molecule has 0 heterocycles. The Bertz CT molecular complexity index is 206. The standard InChI is InChI=1S/C2HNO2.2C2H4O2.Na.Sn/c3-1-2(4)5;2*1-2(3)4;;/h(H,4,5);2*1H3,(H,3,4);;/q;;;+1;+2/p-3. The van der Waals surface area contributed by atoms with Gasteiger partial charge in [-0.15, -0.1) is 0 Å². The van der Waals surface area contributed by atoms with Gasteiger partial charge in [0.05, 0.1) is 0 Å². The molecule has 0 bridgehead atoms. The number of carbonyl (C=O) groups is 3. The van der Waals surface area contributed by atoms with Crippen molar-refractivity contribution >= 4 is 41.8 Å². The van der Waals surface area contributed by atoms with Crippen LogP contribution in [0.4, 0.5) is 0 Å². The van der Waals surface area contributed by atoms with E-state index in [1.165, 1.54) is 0 Å². The number of aliphatic carboxylic acids is 3. The van der Waals surface area contributed by atoms with Crippen molar-refractivity contribution in [2.24, 2.45) is 0 Å². The van der Waals surface area contributed by atoms with Crippen LogP contribution in [0.1, 0.15) is 13.8 Å². The quantitative estimate of drug-likeness (QED) is 0.317. The SMILES string of the molecule is CC(=O)[O-].CC(=O)[O-].N#CC(=O)[O-].[Na+].[Sn+2]. The molecule has 0 aromatic heterocycles. The maximum absolute atomic E-state index is 8.90. The van der Waals surface area contributed by atoms with Gasteiger partial charge in [0.25, 0.3) is 0 Å². The summed E-state index contributed by atoms with van der Waals surface area (Å²) in [6, 6.07) is 0.833. The zero-order valence-electron chi connectivity index (χ0n) is 8.40. The molecule has 0 aromatic carbocycles. The second kappa shape index (κ2) is 23.5. The summed E-state index contributed by atoms with van der Waals surface area (Å²) < 4.78 is 0. The molecule has 0 saturated heterocycles. The molecule has 9 heteroatoms. The van der Waals surface area contributed by atoms with Crippen molar-refractivity contribution in [2.45, 2.75) is 13.8 Å². The molecule has 0 aliphatic carbocycles. The number of nitrogens with zero attached hydrogens (tertiary/aromatic N) is 1. The minimum Gasteiger partial charge on any atom is -0.550 e. The molecule has 0 saturated carbocycles. The Balaban J connectivity index is -0.0000000315. The molecular weight excluding hydrogens is 324 g/mol. The van der Waals surface area contributed by atoms with Gasteiger partial charge in [-0.3, -0.25) is 0 Å². The second-order valence-electron chi connectivity index (χ2n) is 1.38. The predicted molar refractivity (Wildman–Crippen MR) is 37.7 cm³/mol. The average Bonchev–Trinajstić information content (AvgIpc) is 1.84. The van der Waals surface area contributed by atoms with Crippen molar-refractivity contribution in [2.75, 3.05) is 0 Å². The predicted octanol–water partition coefficient (Wildman–Crippen LogP) is -7.60. The molecule has 0 aliphatic rings. The van der Waals surface area contributed by atoms with Gasteiger partial charge in [-0.1, -0.05) is 0 Å². The summed E-state index contributed by atoms with van der Waals surface area (Å²) in [5, 5.41) is 33.9. The molecule has 76 valence electrons. The molecule has 0 N–H and O–H groups in total. The maximum Gasteiger partial charge on any atom is 2.00 e. The van der Waals surface area contributed by atoms with E-state index in [9.17, 15) is 0 Å². The fourth-order valence-electron chi connectivity index (χ4n) is 0. The van der Waals surface area contributed by atoms with Crippen molar-refractivity contribution < 1.29 is 59.3 Å². The van der Waals surface area contributed by atoms with E-state index in [0.717, 1.165) is 19.9 Å². The monoisotopic (exact) mass is 331 g/mol. The molecule has 0 amide bonds. The molecule has 0 spiro atoms. The van der Waals surface area contributed by atoms with Gasteiger partial charge in [0.1, 0.15) is 12.0 Å². The van der Waals surface area contributed by atoms with Crippen molar-refractivity contribution in [1.29, 1.82) is 5.26 Å². The van der Waals surface area contributed by atoms with Gasteiger partial charge < -0.3 is 29.7 Å². The van der Waals surface area contributed by atoms with E-state index < -0.39 is 17.9 Å². The first-order valence-electron chi connectivity index (χ1n) is 2.70. The van der Waals surface area contributed by atoms with Crippen molar-refractivity contribution in [3.05, 3.63) is 0 Å². The van der Waals surface area contributed by atoms with Crippen LogP contribution in [0.2, 0.25) is 0 Å². The van der Waals surface area contributed by atoms with E-state index in [4.69, 9.17) is 35.0 Å². The summed E-state index contributed by atoms with van der Waals surface area (Å²) in [5.41, 5.74) is 0. The third kappa shape index (κ3) is 650. The molecule has 0 unspecified atom stereocenters. The van der Waals surface area contributed by atoms with Crippen LogP contribution in [0.25, 0.3) is 0 Å². The fourth-order valence-corrected chi connectivity index (χ4v) is 0. The van der Waals surface area contributed by atoms with Crippen molar-refractivity contribution in [1.82, 2.24) is 0 Å².